The number of esters is 1. The summed E-state index contributed by atoms with van der Waals surface area (Å²) in [5.41, 5.74) is 1.18. The molecular weight excluding hydrogens is 278 g/mol. The summed E-state index contributed by atoms with van der Waals surface area (Å²) in [6.07, 6.45) is 3.21. The lowest BCUT2D eigenvalue weighted by Gasteiger charge is -2.32. The number of Topliss-reactive ketones (excluding diaryl/α,β-unsaturated/α-hetero) is 1. The van der Waals surface area contributed by atoms with Crippen molar-refractivity contribution in [3.63, 3.8) is 0 Å². The van der Waals surface area contributed by atoms with Gasteiger partial charge in [0.1, 0.15) is 11.8 Å². The lowest BCUT2D eigenvalue weighted by Crippen LogP contribution is -2.43. The molecule has 4 nitrogen and oxygen atoms in total. The first-order chi connectivity index (χ1) is 10.7. The summed E-state index contributed by atoms with van der Waals surface area (Å²) < 4.78 is 5.24. The molecule has 1 saturated carbocycles. The Morgan fingerprint density at radius 3 is 2.82 bits per heavy atom. The smallest absolute Gasteiger partial charge is 0.323 e. The van der Waals surface area contributed by atoms with Crippen LogP contribution < -0.4 is 0 Å². The van der Waals surface area contributed by atoms with Crippen molar-refractivity contribution < 1.29 is 14.3 Å². The second-order valence-corrected chi connectivity index (χ2v) is 6.19. The third-order valence-corrected chi connectivity index (χ3v) is 4.87. The van der Waals surface area contributed by atoms with Crippen LogP contribution in [0.15, 0.2) is 30.3 Å². The standard InChI is InChI=1S/C18H23NO3/c1-2-22-18(21)16-11-14-15(9-6-10-17(14)20)19(16)12-13-7-4-3-5-8-13/h3-5,7-8,14-16H,2,6,9-12H2,1H3/t14-,15-,16+/m1/s1. The normalized spacial score (nSPS) is 28.4. The van der Waals surface area contributed by atoms with Crippen LogP contribution in [0.1, 0.15) is 38.2 Å². The van der Waals surface area contributed by atoms with Crippen molar-refractivity contribution in [1.29, 1.82) is 0 Å². The molecule has 1 aliphatic heterocycles. The summed E-state index contributed by atoms with van der Waals surface area (Å²) in [6, 6.07) is 10.1. The lowest BCUT2D eigenvalue weighted by atomic mass is 9.83. The minimum Gasteiger partial charge on any atom is -0.465 e. The summed E-state index contributed by atoms with van der Waals surface area (Å²) >= 11 is 0. The molecule has 1 aromatic carbocycles. The fourth-order valence-corrected chi connectivity index (χ4v) is 3.87. The molecule has 0 radical (unpaired) electrons. The highest BCUT2D eigenvalue weighted by atomic mass is 16.5. The minimum atomic E-state index is -0.280. The van der Waals surface area contributed by atoms with E-state index >= 15 is 0 Å². The number of benzene rings is 1. The van der Waals surface area contributed by atoms with Crippen molar-refractivity contribution >= 4 is 11.8 Å². The van der Waals surface area contributed by atoms with Gasteiger partial charge in [-0.15, -0.1) is 0 Å². The number of likely N-dealkylation sites (tertiary alicyclic amines) is 1. The van der Waals surface area contributed by atoms with Gasteiger partial charge in [-0.05, 0) is 31.7 Å². The van der Waals surface area contributed by atoms with E-state index < -0.39 is 0 Å². The van der Waals surface area contributed by atoms with Gasteiger partial charge in [-0.3, -0.25) is 14.5 Å². The molecule has 0 bridgehead atoms. The summed E-state index contributed by atoms with van der Waals surface area (Å²) in [7, 11) is 0. The van der Waals surface area contributed by atoms with Gasteiger partial charge in [-0.1, -0.05) is 30.3 Å². The molecule has 2 aliphatic rings. The number of ether oxygens (including phenoxy) is 1. The quantitative estimate of drug-likeness (QED) is 0.802. The second-order valence-electron chi connectivity index (χ2n) is 6.19. The highest BCUT2D eigenvalue weighted by Crippen LogP contribution is 2.39. The van der Waals surface area contributed by atoms with Crippen molar-refractivity contribution in [3.05, 3.63) is 35.9 Å². The largest absolute Gasteiger partial charge is 0.465 e. The topological polar surface area (TPSA) is 46.6 Å². The Balaban J connectivity index is 1.83. The highest BCUT2D eigenvalue weighted by Gasteiger charge is 2.48. The Bertz CT molecular complexity index is 543. The molecule has 118 valence electrons. The Labute approximate surface area is 131 Å². The van der Waals surface area contributed by atoms with E-state index in [0.29, 0.717) is 31.8 Å². The molecule has 1 heterocycles. The molecule has 22 heavy (non-hydrogen) atoms. The van der Waals surface area contributed by atoms with Crippen LogP contribution in [0.5, 0.6) is 0 Å². The average molecular weight is 301 g/mol. The predicted octanol–water partition coefficient (Wildman–Crippen LogP) is 2.56. The number of rotatable bonds is 4. The van der Waals surface area contributed by atoms with Crippen molar-refractivity contribution in [1.82, 2.24) is 4.90 Å². The minimum absolute atomic E-state index is 0.00636. The number of hydrogen-bond donors (Lipinski definition) is 0. The van der Waals surface area contributed by atoms with Crippen molar-refractivity contribution in [2.24, 2.45) is 5.92 Å². The Hall–Kier alpha value is -1.68. The fraction of sp³-hybridized carbons (Fsp3) is 0.556. The summed E-state index contributed by atoms with van der Waals surface area (Å²) in [5.74, 6) is 0.147. The maximum absolute atomic E-state index is 12.3. The van der Waals surface area contributed by atoms with Crippen LogP contribution in [-0.2, 0) is 20.9 Å². The molecule has 0 N–H and O–H groups in total. The van der Waals surface area contributed by atoms with Crippen molar-refractivity contribution in [2.75, 3.05) is 6.61 Å². The SMILES string of the molecule is CCOC(=O)[C@@H]1C[C@H]2C(=O)CCC[C@H]2N1Cc1ccccc1. The van der Waals surface area contributed by atoms with E-state index in [9.17, 15) is 9.59 Å². The molecular formula is C18H23NO3. The highest BCUT2D eigenvalue weighted by molar-refractivity contribution is 5.85. The lowest BCUT2D eigenvalue weighted by molar-refractivity contribution is -0.149. The van der Waals surface area contributed by atoms with Gasteiger partial charge in [0.25, 0.3) is 0 Å². The number of nitrogens with zero attached hydrogens (tertiary/aromatic N) is 1. The van der Waals surface area contributed by atoms with Gasteiger partial charge in [-0.25, -0.2) is 0 Å². The molecule has 1 aliphatic carbocycles. The molecule has 1 saturated heterocycles. The van der Waals surface area contributed by atoms with E-state index in [1.54, 1.807) is 0 Å². The number of ketones is 1. The molecule has 0 amide bonds. The van der Waals surface area contributed by atoms with E-state index in [-0.39, 0.29) is 24.0 Å². The van der Waals surface area contributed by atoms with Gasteiger partial charge in [0, 0.05) is 24.9 Å². The van der Waals surface area contributed by atoms with E-state index in [4.69, 9.17) is 4.74 Å². The first-order valence-electron chi connectivity index (χ1n) is 8.19. The molecule has 0 spiro atoms. The Kier molecular flexibility index (Phi) is 4.57. The van der Waals surface area contributed by atoms with Crippen LogP contribution >= 0.6 is 0 Å². The average Bonchev–Trinajstić information content (AvgIpc) is 2.89. The molecule has 0 unspecified atom stereocenters. The third kappa shape index (κ3) is 2.93. The molecule has 3 rings (SSSR count). The number of fused-ring (bicyclic) bond motifs is 1. The van der Waals surface area contributed by atoms with Gasteiger partial charge < -0.3 is 4.74 Å². The predicted molar refractivity (Wildman–Crippen MR) is 83.2 cm³/mol. The van der Waals surface area contributed by atoms with Crippen molar-refractivity contribution in [3.8, 4) is 0 Å². The van der Waals surface area contributed by atoms with Crippen LogP contribution in [0, 0.1) is 5.92 Å². The molecule has 2 fully saturated rings. The van der Waals surface area contributed by atoms with Gasteiger partial charge in [0.2, 0.25) is 0 Å². The second kappa shape index (κ2) is 6.61. The molecule has 1 aromatic rings. The van der Waals surface area contributed by atoms with Crippen LogP contribution in [0.3, 0.4) is 0 Å². The van der Waals surface area contributed by atoms with E-state index in [0.717, 1.165) is 12.8 Å². The summed E-state index contributed by atoms with van der Waals surface area (Å²) in [6.45, 7) is 2.92. The zero-order chi connectivity index (χ0) is 15.5. The van der Waals surface area contributed by atoms with Crippen LogP contribution in [0.2, 0.25) is 0 Å². The molecule has 4 heteroatoms. The van der Waals surface area contributed by atoms with Crippen LogP contribution in [-0.4, -0.2) is 35.3 Å². The monoisotopic (exact) mass is 301 g/mol. The number of carbonyl (C=O) groups excluding carboxylic acids is 2. The van der Waals surface area contributed by atoms with E-state index in [1.807, 2.05) is 25.1 Å². The van der Waals surface area contributed by atoms with Crippen LogP contribution in [0.4, 0.5) is 0 Å². The van der Waals surface area contributed by atoms with Gasteiger partial charge in [-0.2, -0.15) is 0 Å². The Morgan fingerprint density at radius 1 is 1.32 bits per heavy atom. The number of hydrogen-bond acceptors (Lipinski definition) is 4. The molecule has 3 atom stereocenters. The first kappa shape index (κ1) is 15.2. The van der Waals surface area contributed by atoms with E-state index in [2.05, 4.69) is 17.0 Å². The maximum Gasteiger partial charge on any atom is 0.323 e. The number of carbonyl (C=O) groups is 2. The van der Waals surface area contributed by atoms with Crippen LogP contribution in [0.25, 0.3) is 0 Å². The van der Waals surface area contributed by atoms with Gasteiger partial charge in [0.05, 0.1) is 6.61 Å². The molecule has 0 aromatic heterocycles. The third-order valence-electron chi connectivity index (χ3n) is 4.87. The zero-order valence-electron chi connectivity index (χ0n) is 13.0. The van der Waals surface area contributed by atoms with Crippen molar-refractivity contribution in [2.45, 2.75) is 51.2 Å². The van der Waals surface area contributed by atoms with Gasteiger partial charge >= 0.3 is 5.97 Å². The first-order valence-corrected chi connectivity index (χ1v) is 8.19. The zero-order valence-corrected chi connectivity index (χ0v) is 13.0. The fourth-order valence-electron chi connectivity index (χ4n) is 3.87. The summed E-state index contributed by atoms with van der Waals surface area (Å²) in [4.78, 5) is 26.7. The summed E-state index contributed by atoms with van der Waals surface area (Å²) in [5, 5.41) is 0. The maximum atomic E-state index is 12.3. The van der Waals surface area contributed by atoms with E-state index in [1.165, 1.54) is 5.56 Å². The van der Waals surface area contributed by atoms with Gasteiger partial charge in [0.15, 0.2) is 0 Å². The Morgan fingerprint density at radius 2 is 2.09 bits per heavy atom.